The Kier molecular flexibility index (Phi) is 4.22. The fraction of sp³-hybridized carbons (Fsp3) is 0.600. The van der Waals surface area contributed by atoms with Gasteiger partial charge in [0.1, 0.15) is 0 Å². The molecule has 0 N–H and O–H groups in total. The summed E-state index contributed by atoms with van der Waals surface area (Å²) in [5, 5.41) is 0. The maximum atomic E-state index is 2.38. The zero-order valence-electron chi connectivity index (χ0n) is 10.5. The normalized spacial score (nSPS) is 24.1. The second-order valence-electron chi connectivity index (χ2n) is 4.87. The quantitative estimate of drug-likeness (QED) is 0.674. The smallest absolute Gasteiger partial charge is 0.0470 e. The van der Waals surface area contributed by atoms with E-state index in [1.807, 2.05) is 0 Å². The van der Waals surface area contributed by atoms with Gasteiger partial charge in [0.05, 0.1) is 0 Å². The molecule has 0 spiro atoms. The molecule has 86 valence electrons. The molecular formula is C15H22Si. The van der Waals surface area contributed by atoms with Gasteiger partial charge in [0.25, 0.3) is 0 Å². The Hall–Kier alpha value is -0.563. The van der Waals surface area contributed by atoms with Crippen LogP contribution in [0.2, 0.25) is 5.54 Å². The first-order valence-corrected chi connectivity index (χ1v) is 7.96. The van der Waals surface area contributed by atoms with Crippen molar-refractivity contribution in [1.82, 2.24) is 0 Å². The number of hydrogen-bond donors (Lipinski definition) is 0. The standard InChI is InChI=1S/C15H22Si/c1-3-7-14-13-10-6-5-9-12(13)11-16-15(14)8-4-2/h5-6,9-10,14-15H,3-4,7-8,11H2,1-2H3/t14-,15+/m1/s1. The Morgan fingerprint density at radius 3 is 2.62 bits per heavy atom. The van der Waals surface area contributed by atoms with E-state index >= 15 is 0 Å². The van der Waals surface area contributed by atoms with Crippen molar-refractivity contribution in [2.75, 3.05) is 0 Å². The third kappa shape index (κ3) is 2.40. The Morgan fingerprint density at radius 2 is 1.88 bits per heavy atom. The summed E-state index contributed by atoms with van der Waals surface area (Å²) in [6.07, 6.45) is 5.48. The van der Waals surface area contributed by atoms with E-state index in [-0.39, 0.29) is 0 Å². The molecular weight excluding hydrogens is 208 g/mol. The van der Waals surface area contributed by atoms with E-state index in [1.165, 1.54) is 31.7 Å². The van der Waals surface area contributed by atoms with Gasteiger partial charge in [0, 0.05) is 9.52 Å². The van der Waals surface area contributed by atoms with E-state index in [0.29, 0.717) is 0 Å². The highest BCUT2D eigenvalue weighted by molar-refractivity contribution is 6.38. The van der Waals surface area contributed by atoms with Gasteiger partial charge in [-0.25, -0.2) is 0 Å². The first-order chi connectivity index (χ1) is 7.86. The second-order valence-corrected chi connectivity index (χ2v) is 6.37. The van der Waals surface area contributed by atoms with Crippen LogP contribution in [0.3, 0.4) is 0 Å². The highest BCUT2D eigenvalue weighted by atomic mass is 28.2. The molecule has 0 unspecified atom stereocenters. The third-order valence-electron chi connectivity index (χ3n) is 3.69. The van der Waals surface area contributed by atoms with Gasteiger partial charge in [-0.05, 0) is 35.1 Å². The molecule has 16 heavy (non-hydrogen) atoms. The molecule has 1 aromatic rings. The van der Waals surface area contributed by atoms with E-state index < -0.39 is 0 Å². The Labute approximate surface area is 102 Å². The van der Waals surface area contributed by atoms with E-state index in [2.05, 4.69) is 38.1 Å². The lowest BCUT2D eigenvalue weighted by Crippen LogP contribution is -2.23. The third-order valence-corrected chi connectivity index (χ3v) is 5.49. The second kappa shape index (κ2) is 5.67. The van der Waals surface area contributed by atoms with Crippen molar-refractivity contribution >= 4 is 9.52 Å². The molecule has 0 amide bonds. The summed E-state index contributed by atoms with van der Waals surface area (Å²) in [6.45, 7) is 4.65. The van der Waals surface area contributed by atoms with Crippen LogP contribution in [0.25, 0.3) is 0 Å². The van der Waals surface area contributed by atoms with Gasteiger partial charge < -0.3 is 0 Å². The monoisotopic (exact) mass is 230 g/mol. The van der Waals surface area contributed by atoms with E-state index in [0.717, 1.165) is 21.0 Å². The minimum atomic E-state index is 0.855. The summed E-state index contributed by atoms with van der Waals surface area (Å²) >= 11 is 0. The maximum Gasteiger partial charge on any atom is 0.0470 e. The van der Waals surface area contributed by atoms with Crippen LogP contribution in [-0.2, 0) is 6.04 Å². The van der Waals surface area contributed by atoms with Crippen LogP contribution in [-0.4, -0.2) is 9.52 Å². The molecule has 0 aliphatic carbocycles. The summed E-state index contributed by atoms with van der Waals surface area (Å²) in [4.78, 5) is 0. The van der Waals surface area contributed by atoms with Crippen LogP contribution >= 0.6 is 0 Å². The van der Waals surface area contributed by atoms with Crippen LogP contribution < -0.4 is 0 Å². The molecule has 2 atom stereocenters. The van der Waals surface area contributed by atoms with Crippen LogP contribution in [0.5, 0.6) is 0 Å². The van der Waals surface area contributed by atoms with Crippen molar-refractivity contribution in [2.24, 2.45) is 0 Å². The molecule has 0 fully saturated rings. The van der Waals surface area contributed by atoms with E-state index in [1.54, 1.807) is 11.1 Å². The molecule has 1 aromatic carbocycles. The predicted molar refractivity (Wildman–Crippen MR) is 72.2 cm³/mol. The summed E-state index contributed by atoms with van der Waals surface area (Å²) in [5.74, 6) is 0.855. The molecule has 2 radical (unpaired) electrons. The van der Waals surface area contributed by atoms with Crippen molar-refractivity contribution < 1.29 is 0 Å². The summed E-state index contributed by atoms with van der Waals surface area (Å²) in [6, 6.07) is 10.5. The first kappa shape index (κ1) is 11.9. The predicted octanol–water partition coefficient (Wildman–Crippen LogP) is 4.38. The molecule has 0 saturated heterocycles. The van der Waals surface area contributed by atoms with Crippen LogP contribution in [0, 0.1) is 0 Å². The summed E-state index contributed by atoms with van der Waals surface area (Å²) in [7, 11) is 1.16. The first-order valence-electron chi connectivity index (χ1n) is 6.68. The zero-order chi connectivity index (χ0) is 11.4. The van der Waals surface area contributed by atoms with Crippen molar-refractivity contribution in [3.8, 4) is 0 Å². The van der Waals surface area contributed by atoms with Crippen LogP contribution in [0.4, 0.5) is 0 Å². The van der Waals surface area contributed by atoms with Gasteiger partial charge in [-0.3, -0.25) is 0 Å². The average molecular weight is 230 g/mol. The van der Waals surface area contributed by atoms with Gasteiger partial charge in [0.2, 0.25) is 0 Å². The Balaban J connectivity index is 2.24. The number of rotatable bonds is 4. The Bertz CT molecular complexity index is 332. The largest absolute Gasteiger partial charge is 0.0654 e. The Morgan fingerprint density at radius 1 is 1.12 bits per heavy atom. The summed E-state index contributed by atoms with van der Waals surface area (Å²) in [5.41, 5.74) is 4.27. The fourth-order valence-electron chi connectivity index (χ4n) is 2.94. The molecule has 1 heteroatoms. The molecule has 1 aliphatic heterocycles. The lowest BCUT2D eigenvalue weighted by atomic mass is 9.86. The van der Waals surface area contributed by atoms with Gasteiger partial charge in [-0.1, -0.05) is 57.4 Å². The van der Waals surface area contributed by atoms with Crippen LogP contribution in [0.15, 0.2) is 24.3 Å². The minimum absolute atomic E-state index is 0.855. The maximum absolute atomic E-state index is 2.38. The lowest BCUT2D eigenvalue weighted by molar-refractivity contribution is 0.525. The zero-order valence-corrected chi connectivity index (χ0v) is 11.5. The van der Waals surface area contributed by atoms with Gasteiger partial charge in [-0.2, -0.15) is 0 Å². The molecule has 0 bridgehead atoms. The lowest BCUT2D eigenvalue weighted by Gasteiger charge is -2.33. The van der Waals surface area contributed by atoms with Crippen molar-refractivity contribution in [2.45, 2.75) is 57.0 Å². The van der Waals surface area contributed by atoms with Crippen molar-refractivity contribution in [3.05, 3.63) is 35.4 Å². The molecule has 0 nitrogen and oxygen atoms in total. The highest BCUT2D eigenvalue weighted by Gasteiger charge is 2.28. The molecule has 1 aliphatic rings. The van der Waals surface area contributed by atoms with Crippen LogP contribution in [0.1, 0.15) is 56.6 Å². The van der Waals surface area contributed by atoms with Gasteiger partial charge in [0.15, 0.2) is 0 Å². The number of fused-ring (bicyclic) bond motifs is 1. The number of benzene rings is 1. The van der Waals surface area contributed by atoms with Gasteiger partial charge >= 0.3 is 0 Å². The summed E-state index contributed by atoms with van der Waals surface area (Å²) < 4.78 is 0. The molecule has 2 rings (SSSR count). The van der Waals surface area contributed by atoms with E-state index in [4.69, 9.17) is 0 Å². The van der Waals surface area contributed by atoms with Crippen molar-refractivity contribution in [1.29, 1.82) is 0 Å². The average Bonchev–Trinajstić information content (AvgIpc) is 2.32. The topological polar surface area (TPSA) is 0 Å². The van der Waals surface area contributed by atoms with E-state index in [9.17, 15) is 0 Å². The fourth-order valence-corrected chi connectivity index (χ4v) is 4.87. The highest BCUT2D eigenvalue weighted by Crippen LogP contribution is 2.41. The number of hydrogen-bond acceptors (Lipinski definition) is 0. The molecule has 1 heterocycles. The molecule has 0 aromatic heterocycles. The SMILES string of the molecule is CCC[C@@H]1[Si]Cc2ccccc2[C@H]1CCC. The minimum Gasteiger partial charge on any atom is -0.0654 e. The molecule has 0 saturated carbocycles. The van der Waals surface area contributed by atoms with Gasteiger partial charge in [-0.15, -0.1) is 0 Å². The van der Waals surface area contributed by atoms with Crippen molar-refractivity contribution in [3.63, 3.8) is 0 Å².